The van der Waals surface area contributed by atoms with Crippen molar-refractivity contribution >= 4 is 29.1 Å². The Balaban J connectivity index is 0.000000318. The molecule has 0 aliphatic carbocycles. The molecule has 1 aromatic carbocycles. The summed E-state index contributed by atoms with van der Waals surface area (Å²) in [6.07, 6.45) is 0. The molecule has 6 heteroatoms. The average Bonchev–Trinajstić information content (AvgIpc) is 2.27. The van der Waals surface area contributed by atoms with Gasteiger partial charge in [-0.1, -0.05) is 41.4 Å². The topological polar surface area (TPSA) is 49.3 Å². The molecule has 0 saturated carbocycles. The molecule has 2 atom stereocenters. The smallest absolute Gasteiger partial charge is 0.217 e. The van der Waals surface area contributed by atoms with Crippen molar-refractivity contribution in [3.63, 3.8) is 0 Å². The molecule has 0 fully saturated rings. The van der Waals surface area contributed by atoms with Gasteiger partial charge >= 0.3 is 0 Å². The molecule has 0 saturated heterocycles. The number of carbonyl (C=O) groups excluding carboxylic acids is 1. The Morgan fingerprint density at radius 1 is 1.47 bits per heavy atom. The minimum atomic E-state index is -1.37. The molecule has 2 N–H and O–H groups in total. The lowest BCUT2D eigenvalue weighted by Crippen LogP contribution is -2.41. The molecular formula is C11H14Cl2FNO2. The van der Waals surface area contributed by atoms with Crippen LogP contribution in [0.1, 0.15) is 6.92 Å². The Labute approximate surface area is 110 Å². The van der Waals surface area contributed by atoms with Crippen LogP contribution in [0.25, 0.3) is 0 Å². The summed E-state index contributed by atoms with van der Waals surface area (Å²) >= 11 is 10.6. The largest absolute Gasteiger partial charge is 0.375 e. The molecule has 17 heavy (non-hydrogen) atoms. The molecule has 1 aromatic rings. The van der Waals surface area contributed by atoms with Crippen LogP contribution in [0, 0.1) is 0 Å². The summed E-state index contributed by atoms with van der Waals surface area (Å²) in [6.45, 7) is 0.353. The number of amides is 1. The highest BCUT2D eigenvalue weighted by atomic mass is 35.5. The lowest BCUT2D eigenvalue weighted by Gasteiger charge is -2.14. The third-order valence-electron chi connectivity index (χ3n) is 1.62. The van der Waals surface area contributed by atoms with Gasteiger partial charge in [0, 0.05) is 11.9 Å². The highest BCUT2D eigenvalue weighted by molar-refractivity contribution is 6.30. The van der Waals surface area contributed by atoms with Crippen molar-refractivity contribution in [3.05, 3.63) is 35.4 Å². The van der Waals surface area contributed by atoms with Crippen LogP contribution < -0.4 is 5.32 Å². The molecule has 0 aliphatic rings. The number of benzene rings is 1. The molecule has 0 aliphatic heterocycles. The standard InChI is InChI=1S/C6H5Cl.C5H9ClFNO2/c7-6-4-2-1-3-5-6;1-3(9)8-4(2-7)5(6)10/h1-5H;4-5,10H,2H2,1H3,(H,8,9). The fourth-order valence-corrected chi connectivity index (χ4v) is 1.13. The third-order valence-corrected chi connectivity index (χ3v) is 2.18. The number of aliphatic hydroxyl groups is 1. The minimum Gasteiger partial charge on any atom is -0.375 e. The molecule has 0 radical (unpaired) electrons. The number of nitrogens with one attached hydrogen (secondary N) is 1. The molecule has 0 aromatic heterocycles. The van der Waals surface area contributed by atoms with Crippen molar-refractivity contribution in [2.75, 3.05) is 6.67 Å². The molecule has 96 valence electrons. The molecule has 2 unspecified atom stereocenters. The van der Waals surface area contributed by atoms with E-state index in [0.717, 1.165) is 5.02 Å². The second-order valence-electron chi connectivity index (χ2n) is 3.13. The Bertz CT molecular complexity index is 323. The molecule has 1 amide bonds. The predicted molar refractivity (Wildman–Crippen MR) is 66.9 cm³/mol. The van der Waals surface area contributed by atoms with Gasteiger partial charge in [0.25, 0.3) is 0 Å². The van der Waals surface area contributed by atoms with Gasteiger partial charge in [0.2, 0.25) is 5.91 Å². The van der Waals surface area contributed by atoms with E-state index in [1.807, 2.05) is 30.3 Å². The Morgan fingerprint density at radius 2 is 2.00 bits per heavy atom. The van der Waals surface area contributed by atoms with Gasteiger partial charge in [0.15, 0.2) is 5.56 Å². The first kappa shape index (κ1) is 16.2. The van der Waals surface area contributed by atoms with Crippen molar-refractivity contribution in [3.8, 4) is 0 Å². The summed E-state index contributed by atoms with van der Waals surface area (Å²) in [5.74, 6) is -0.414. The SMILES string of the molecule is CC(=O)NC(CF)C(O)Cl.Clc1ccccc1. The second kappa shape index (κ2) is 9.22. The number of halogens is 3. The summed E-state index contributed by atoms with van der Waals surface area (Å²) in [6, 6.07) is 8.44. The van der Waals surface area contributed by atoms with Gasteiger partial charge in [-0.25, -0.2) is 4.39 Å². The van der Waals surface area contributed by atoms with E-state index in [9.17, 15) is 9.18 Å². The van der Waals surface area contributed by atoms with Gasteiger partial charge in [-0.3, -0.25) is 4.79 Å². The Morgan fingerprint density at radius 3 is 2.18 bits per heavy atom. The maximum atomic E-state index is 11.8. The van der Waals surface area contributed by atoms with Gasteiger partial charge < -0.3 is 10.4 Å². The van der Waals surface area contributed by atoms with Crippen LogP contribution in [0.4, 0.5) is 4.39 Å². The highest BCUT2D eigenvalue weighted by Gasteiger charge is 2.16. The molecule has 1 rings (SSSR count). The summed E-state index contributed by atoms with van der Waals surface area (Å²) < 4.78 is 11.8. The molecule has 0 spiro atoms. The minimum absolute atomic E-state index is 0.414. The lowest BCUT2D eigenvalue weighted by molar-refractivity contribution is -0.120. The van der Waals surface area contributed by atoms with E-state index in [4.69, 9.17) is 28.3 Å². The van der Waals surface area contributed by atoms with Crippen LogP contribution in [-0.4, -0.2) is 29.3 Å². The van der Waals surface area contributed by atoms with Crippen molar-refractivity contribution < 1.29 is 14.3 Å². The monoisotopic (exact) mass is 281 g/mol. The van der Waals surface area contributed by atoms with Gasteiger partial charge in [0.05, 0.1) is 6.04 Å². The second-order valence-corrected chi connectivity index (χ2v) is 4.01. The molecule has 3 nitrogen and oxygen atoms in total. The zero-order valence-corrected chi connectivity index (χ0v) is 10.7. The molecule has 0 bridgehead atoms. The lowest BCUT2D eigenvalue weighted by atomic mass is 10.3. The Hall–Kier alpha value is -0.840. The van der Waals surface area contributed by atoms with E-state index in [1.54, 1.807) is 0 Å². The quantitative estimate of drug-likeness (QED) is 0.836. The van der Waals surface area contributed by atoms with Crippen LogP contribution in [0.2, 0.25) is 5.02 Å². The fourth-order valence-electron chi connectivity index (χ4n) is 0.857. The number of hydrogen-bond donors (Lipinski definition) is 2. The third kappa shape index (κ3) is 8.92. The van der Waals surface area contributed by atoms with E-state index in [-0.39, 0.29) is 0 Å². The first-order chi connectivity index (χ1) is 7.97. The number of aliphatic hydroxyl groups excluding tert-OH is 1. The van der Waals surface area contributed by atoms with Gasteiger partial charge in [0.1, 0.15) is 6.67 Å². The first-order valence-electron chi connectivity index (χ1n) is 4.83. The zero-order chi connectivity index (χ0) is 13.3. The van der Waals surface area contributed by atoms with Crippen molar-refractivity contribution in [2.45, 2.75) is 18.5 Å². The number of rotatable bonds is 3. The summed E-state index contributed by atoms with van der Waals surface area (Å²) in [4.78, 5) is 10.3. The van der Waals surface area contributed by atoms with Gasteiger partial charge in [-0.2, -0.15) is 0 Å². The van der Waals surface area contributed by atoms with Crippen molar-refractivity contribution in [1.82, 2.24) is 5.32 Å². The van der Waals surface area contributed by atoms with Crippen LogP contribution in [0.5, 0.6) is 0 Å². The highest BCUT2D eigenvalue weighted by Crippen LogP contribution is 2.03. The van der Waals surface area contributed by atoms with Gasteiger partial charge in [-0.05, 0) is 12.1 Å². The number of carbonyl (C=O) groups is 1. The van der Waals surface area contributed by atoms with Crippen LogP contribution in [-0.2, 0) is 4.79 Å². The maximum absolute atomic E-state index is 11.8. The van der Waals surface area contributed by atoms with Crippen LogP contribution in [0.3, 0.4) is 0 Å². The number of hydrogen-bond acceptors (Lipinski definition) is 2. The van der Waals surface area contributed by atoms with Crippen LogP contribution >= 0.6 is 23.2 Å². The number of alkyl halides is 2. The maximum Gasteiger partial charge on any atom is 0.217 e. The first-order valence-corrected chi connectivity index (χ1v) is 5.64. The predicted octanol–water partition coefficient (Wildman–Crippen LogP) is 2.36. The normalized spacial score (nSPS) is 13.0. The van der Waals surface area contributed by atoms with Crippen LogP contribution in [0.15, 0.2) is 30.3 Å². The average molecular weight is 282 g/mol. The summed E-state index contributed by atoms with van der Waals surface area (Å²) in [5.41, 5.74) is -1.37. The van der Waals surface area contributed by atoms with E-state index < -0.39 is 24.2 Å². The summed E-state index contributed by atoms with van der Waals surface area (Å²) in [7, 11) is 0. The molecular weight excluding hydrogens is 268 g/mol. The van der Waals surface area contributed by atoms with Crippen molar-refractivity contribution in [2.24, 2.45) is 0 Å². The Kier molecular flexibility index (Phi) is 8.76. The van der Waals surface area contributed by atoms with E-state index in [1.165, 1.54) is 6.92 Å². The molecule has 0 heterocycles. The van der Waals surface area contributed by atoms with E-state index >= 15 is 0 Å². The fraction of sp³-hybridized carbons (Fsp3) is 0.364. The van der Waals surface area contributed by atoms with E-state index in [2.05, 4.69) is 5.32 Å². The zero-order valence-electron chi connectivity index (χ0n) is 9.24. The summed E-state index contributed by atoms with van der Waals surface area (Å²) in [5, 5.41) is 11.5. The van der Waals surface area contributed by atoms with Crippen molar-refractivity contribution in [1.29, 1.82) is 0 Å². The van der Waals surface area contributed by atoms with E-state index in [0.29, 0.717) is 0 Å². The van der Waals surface area contributed by atoms with Gasteiger partial charge in [-0.15, -0.1) is 0 Å².